The number of hydrogen-bond donors (Lipinski definition) is 2. The molecule has 0 radical (unpaired) electrons. The van der Waals surface area contributed by atoms with E-state index in [9.17, 15) is 18.0 Å². The van der Waals surface area contributed by atoms with Crippen LogP contribution in [0.4, 0.5) is 19.0 Å². The molecule has 2 fully saturated rings. The number of carbonyl (C=O) groups excluding carboxylic acids is 1. The first kappa shape index (κ1) is 23.7. The molecule has 1 aliphatic heterocycles. The molecule has 0 unspecified atom stereocenters. The number of fused-ring (bicyclic) bond motifs is 1. The van der Waals surface area contributed by atoms with Crippen molar-refractivity contribution in [1.29, 1.82) is 0 Å². The zero-order valence-electron chi connectivity index (χ0n) is 18.8. The zero-order valence-corrected chi connectivity index (χ0v) is 18.8. The van der Waals surface area contributed by atoms with Crippen LogP contribution in [0.5, 0.6) is 0 Å². The molecule has 10 heteroatoms. The molecule has 180 valence electrons. The van der Waals surface area contributed by atoms with Crippen molar-refractivity contribution in [2.24, 2.45) is 5.73 Å². The molecule has 1 aromatic carbocycles. The Balaban J connectivity index is 1.49. The largest absolute Gasteiger partial charge is 0.416 e. The minimum atomic E-state index is -4.48. The first-order valence-corrected chi connectivity index (χ1v) is 11.6. The van der Waals surface area contributed by atoms with E-state index in [2.05, 4.69) is 27.1 Å². The SMILES string of the molecule is CCCNC1CCC(N2CC(N(CC(N)=O)c3ncnc4ccc(C(F)(F)F)cc34)C2)CC1. The van der Waals surface area contributed by atoms with E-state index < -0.39 is 17.6 Å². The number of likely N-dealkylation sites (tertiary alicyclic amines) is 1. The number of hydrogen-bond acceptors (Lipinski definition) is 6. The normalized spacial score (nSPS) is 22.3. The number of anilines is 1. The summed E-state index contributed by atoms with van der Waals surface area (Å²) in [6.07, 6.45) is 2.51. The quantitative estimate of drug-likeness (QED) is 0.625. The van der Waals surface area contributed by atoms with Gasteiger partial charge in [-0.05, 0) is 56.8 Å². The predicted molar refractivity (Wildman–Crippen MR) is 121 cm³/mol. The number of nitrogens with zero attached hydrogens (tertiary/aromatic N) is 4. The smallest absolute Gasteiger partial charge is 0.368 e. The van der Waals surface area contributed by atoms with Crippen LogP contribution in [0.15, 0.2) is 24.5 Å². The minimum absolute atomic E-state index is 0.0407. The van der Waals surface area contributed by atoms with Gasteiger partial charge in [0.25, 0.3) is 0 Å². The number of rotatable bonds is 8. The molecule has 0 atom stereocenters. The summed E-state index contributed by atoms with van der Waals surface area (Å²) in [4.78, 5) is 24.4. The number of benzene rings is 1. The van der Waals surface area contributed by atoms with Gasteiger partial charge in [0.05, 0.1) is 23.7 Å². The lowest BCUT2D eigenvalue weighted by atomic mass is 9.87. The third-order valence-corrected chi connectivity index (χ3v) is 6.77. The molecule has 1 aromatic heterocycles. The van der Waals surface area contributed by atoms with Gasteiger partial charge in [-0.15, -0.1) is 0 Å². The van der Waals surface area contributed by atoms with Gasteiger partial charge in [0.2, 0.25) is 5.91 Å². The summed E-state index contributed by atoms with van der Waals surface area (Å²) < 4.78 is 39.9. The summed E-state index contributed by atoms with van der Waals surface area (Å²) in [6.45, 7) is 4.58. The van der Waals surface area contributed by atoms with E-state index >= 15 is 0 Å². The second-order valence-corrected chi connectivity index (χ2v) is 9.09. The summed E-state index contributed by atoms with van der Waals surface area (Å²) >= 11 is 0. The van der Waals surface area contributed by atoms with Crippen molar-refractivity contribution in [2.45, 2.75) is 63.3 Å². The Bertz CT molecular complexity index is 970. The Kier molecular flexibility index (Phi) is 7.04. The molecule has 1 saturated carbocycles. The second-order valence-electron chi connectivity index (χ2n) is 9.09. The van der Waals surface area contributed by atoms with Gasteiger partial charge in [-0.25, -0.2) is 9.97 Å². The van der Waals surface area contributed by atoms with Gasteiger partial charge in [-0.2, -0.15) is 13.2 Å². The van der Waals surface area contributed by atoms with E-state index in [1.54, 1.807) is 4.90 Å². The molecular weight excluding hydrogens is 433 g/mol. The van der Waals surface area contributed by atoms with E-state index in [-0.39, 0.29) is 18.0 Å². The highest BCUT2D eigenvalue weighted by molar-refractivity contribution is 5.92. The standard InChI is InChI=1S/C23H31F3N6O/c1-2-9-28-16-4-6-17(7-5-16)31-11-18(12-31)32(13-21(27)33)22-19-10-15(23(24,25)26)3-8-20(19)29-14-30-22/h3,8,10,14,16-18,28H,2,4-7,9,11-13H2,1H3,(H2,27,33). The maximum absolute atomic E-state index is 13.3. The van der Waals surface area contributed by atoms with Crippen molar-refractivity contribution in [1.82, 2.24) is 20.2 Å². The Morgan fingerprint density at radius 1 is 1.21 bits per heavy atom. The molecule has 33 heavy (non-hydrogen) atoms. The molecule has 2 aromatic rings. The van der Waals surface area contributed by atoms with E-state index in [0.29, 0.717) is 23.4 Å². The number of amides is 1. The first-order chi connectivity index (χ1) is 15.8. The lowest BCUT2D eigenvalue weighted by molar-refractivity contribution is -0.137. The Morgan fingerprint density at radius 3 is 2.58 bits per heavy atom. The van der Waals surface area contributed by atoms with Crippen LogP contribution in [-0.2, 0) is 11.0 Å². The van der Waals surface area contributed by atoms with E-state index in [1.807, 2.05) is 0 Å². The Hall–Kier alpha value is -2.46. The van der Waals surface area contributed by atoms with Gasteiger partial charge in [-0.3, -0.25) is 9.69 Å². The molecular formula is C23H31F3N6O. The molecule has 7 nitrogen and oxygen atoms in total. The van der Waals surface area contributed by atoms with Crippen molar-refractivity contribution in [3.8, 4) is 0 Å². The Labute approximate surface area is 191 Å². The summed E-state index contributed by atoms with van der Waals surface area (Å²) in [5.74, 6) is -0.225. The fraction of sp³-hybridized carbons (Fsp3) is 0.609. The number of alkyl halides is 3. The van der Waals surface area contributed by atoms with E-state index in [1.165, 1.54) is 12.4 Å². The molecule has 2 aliphatic rings. The van der Waals surface area contributed by atoms with Crippen LogP contribution in [0.25, 0.3) is 10.9 Å². The monoisotopic (exact) mass is 464 g/mol. The first-order valence-electron chi connectivity index (χ1n) is 11.6. The van der Waals surface area contributed by atoms with Crippen LogP contribution >= 0.6 is 0 Å². The molecule has 2 heterocycles. The highest BCUT2D eigenvalue weighted by Gasteiger charge is 2.39. The predicted octanol–water partition coefficient (Wildman–Crippen LogP) is 2.94. The fourth-order valence-electron chi connectivity index (χ4n) is 4.97. The summed E-state index contributed by atoms with van der Waals surface area (Å²) in [5, 5.41) is 3.87. The van der Waals surface area contributed by atoms with E-state index in [4.69, 9.17) is 5.73 Å². The molecule has 0 spiro atoms. The van der Waals surface area contributed by atoms with Crippen molar-refractivity contribution >= 4 is 22.6 Å². The lowest BCUT2D eigenvalue weighted by Gasteiger charge is -2.50. The molecule has 1 amide bonds. The molecule has 1 aliphatic carbocycles. The second kappa shape index (κ2) is 9.80. The van der Waals surface area contributed by atoms with Crippen LogP contribution in [0, 0.1) is 0 Å². The van der Waals surface area contributed by atoms with Crippen LogP contribution in [0.1, 0.15) is 44.6 Å². The fourth-order valence-corrected chi connectivity index (χ4v) is 4.97. The summed E-state index contributed by atoms with van der Waals surface area (Å²) in [6, 6.07) is 4.44. The van der Waals surface area contributed by atoms with Crippen molar-refractivity contribution in [3.05, 3.63) is 30.1 Å². The van der Waals surface area contributed by atoms with Crippen molar-refractivity contribution < 1.29 is 18.0 Å². The van der Waals surface area contributed by atoms with Crippen LogP contribution in [0.3, 0.4) is 0 Å². The average Bonchev–Trinajstić information content (AvgIpc) is 2.75. The third kappa shape index (κ3) is 5.38. The van der Waals surface area contributed by atoms with Crippen LogP contribution in [-0.4, -0.2) is 65.1 Å². The van der Waals surface area contributed by atoms with Gasteiger partial charge < -0.3 is 16.0 Å². The zero-order chi connectivity index (χ0) is 23.6. The number of halogens is 3. The third-order valence-electron chi connectivity index (χ3n) is 6.77. The van der Waals surface area contributed by atoms with Crippen molar-refractivity contribution in [2.75, 3.05) is 31.1 Å². The number of nitrogens with two attached hydrogens (primary N) is 1. The maximum Gasteiger partial charge on any atom is 0.416 e. The Morgan fingerprint density at radius 2 is 1.94 bits per heavy atom. The highest BCUT2D eigenvalue weighted by Crippen LogP contribution is 2.35. The van der Waals surface area contributed by atoms with Crippen molar-refractivity contribution in [3.63, 3.8) is 0 Å². The molecule has 0 bridgehead atoms. The highest BCUT2D eigenvalue weighted by atomic mass is 19.4. The van der Waals surface area contributed by atoms with E-state index in [0.717, 1.165) is 63.9 Å². The summed E-state index contributed by atoms with van der Waals surface area (Å²) in [5.41, 5.74) is 5.13. The van der Waals surface area contributed by atoms with Crippen LogP contribution < -0.4 is 16.0 Å². The molecule has 1 saturated heterocycles. The number of primary amides is 1. The van der Waals surface area contributed by atoms with Gasteiger partial charge in [-0.1, -0.05) is 6.92 Å². The van der Waals surface area contributed by atoms with Gasteiger partial charge in [0, 0.05) is 30.6 Å². The number of carbonyl (C=O) groups is 1. The summed E-state index contributed by atoms with van der Waals surface area (Å²) in [7, 11) is 0. The van der Waals surface area contributed by atoms with Gasteiger partial charge in [0.15, 0.2) is 0 Å². The topological polar surface area (TPSA) is 87.4 Å². The van der Waals surface area contributed by atoms with Gasteiger partial charge in [0.1, 0.15) is 12.1 Å². The average molecular weight is 465 g/mol. The number of aromatic nitrogens is 2. The molecule has 3 N–H and O–H groups in total. The van der Waals surface area contributed by atoms with Crippen LogP contribution in [0.2, 0.25) is 0 Å². The molecule has 4 rings (SSSR count). The maximum atomic E-state index is 13.3. The van der Waals surface area contributed by atoms with Gasteiger partial charge >= 0.3 is 6.18 Å². The lowest BCUT2D eigenvalue weighted by Crippen LogP contribution is -2.64. The number of nitrogens with one attached hydrogen (secondary N) is 1. The minimum Gasteiger partial charge on any atom is -0.368 e.